The van der Waals surface area contributed by atoms with E-state index in [9.17, 15) is 0 Å². The first-order valence-electron chi connectivity index (χ1n) is 3.09. The molecule has 0 saturated carbocycles. The molecule has 0 aromatic carbocycles. The molecule has 0 aliphatic carbocycles. The molecule has 3 heteroatoms. The first-order chi connectivity index (χ1) is 4.84. The Labute approximate surface area is 81.3 Å². The lowest BCUT2D eigenvalue weighted by Crippen LogP contribution is -3.00. The zero-order valence-electron chi connectivity index (χ0n) is 6.00. The van der Waals surface area contributed by atoms with E-state index in [1.807, 2.05) is 30.5 Å². The van der Waals surface area contributed by atoms with E-state index in [4.69, 9.17) is 0 Å². The average molecular weight is 235 g/mol. The van der Waals surface area contributed by atoms with E-state index in [2.05, 4.69) is 27.1 Å². The second-order valence-corrected chi connectivity index (χ2v) is 2.78. The lowest BCUT2D eigenvalue weighted by Gasteiger charge is -1.91. The summed E-state index contributed by atoms with van der Waals surface area (Å²) in [7, 11) is 0. The molecule has 1 heterocycles. The molecular formula is C8H9BrClN. The molecule has 0 bridgehead atoms. The fourth-order valence-corrected chi connectivity index (χ4v) is 1.16. The summed E-state index contributed by atoms with van der Waals surface area (Å²) in [6.07, 6.45) is 3.87. The van der Waals surface area contributed by atoms with Crippen molar-refractivity contribution in [2.75, 3.05) is 0 Å². The van der Waals surface area contributed by atoms with Crippen molar-refractivity contribution in [2.45, 2.75) is 6.54 Å². The molecule has 0 N–H and O–H groups in total. The minimum absolute atomic E-state index is 0. The Morgan fingerprint density at radius 2 is 2.27 bits per heavy atom. The van der Waals surface area contributed by atoms with Crippen molar-refractivity contribution in [3.05, 3.63) is 41.7 Å². The van der Waals surface area contributed by atoms with E-state index in [1.54, 1.807) is 0 Å². The highest BCUT2D eigenvalue weighted by atomic mass is 79.9. The van der Waals surface area contributed by atoms with Gasteiger partial charge in [-0.05, 0) is 12.1 Å². The second kappa shape index (κ2) is 5.33. The number of nitrogens with zero attached hydrogens (tertiary/aromatic N) is 1. The third-order valence-electron chi connectivity index (χ3n) is 1.21. The number of pyridine rings is 1. The molecular weight excluding hydrogens is 225 g/mol. The Kier molecular flexibility index (Phi) is 5.16. The van der Waals surface area contributed by atoms with Crippen molar-refractivity contribution in [3.8, 4) is 0 Å². The quantitative estimate of drug-likeness (QED) is 0.348. The van der Waals surface area contributed by atoms with E-state index in [0.29, 0.717) is 0 Å². The standard InChI is InChI=1S/C8H9BrN.ClH/c1-2-6-10-7-4-3-5-8(10)9;/h2-5,7H,1,6H2;1H/q+1;/p-1. The van der Waals surface area contributed by atoms with Crippen LogP contribution < -0.4 is 17.0 Å². The van der Waals surface area contributed by atoms with Crippen LogP contribution in [0.3, 0.4) is 0 Å². The van der Waals surface area contributed by atoms with Gasteiger partial charge in [0.2, 0.25) is 4.60 Å². The number of hydrogen-bond acceptors (Lipinski definition) is 0. The number of aromatic nitrogens is 1. The Morgan fingerprint density at radius 1 is 1.55 bits per heavy atom. The van der Waals surface area contributed by atoms with Crippen molar-refractivity contribution in [1.29, 1.82) is 0 Å². The van der Waals surface area contributed by atoms with E-state index in [0.717, 1.165) is 11.1 Å². The third kappa shape index (κ3) is 3.04. The van der Waals surface area contributed by atoms with E-state index in [-0.39, 0.29) is 12.4 Å². The smallest absolute Gasteiger partial charge is 0.248 e. The first-order valence-corrected chi connectivity index (χ1v) is 3.89. The van der Waals surface area contributed by atoms with Gasteiger partial charge in [-0.1, -0.05) is 6.58 Å². The summed E-state index contributed by atoms with van der Waals surface area (Å²) < 4.78 is 3.14. The molecule has 0 atom stereocenters. The summed E-state index contributed by atoms with van der Waals surface area (Å²) in [5, 5.41) is 0. The van der Waals surface area contributed by atoms with Crippen molar-refractivity contribution < 1.29 is 17.0 Å². The average Bonchev–Trinajstić information content (AvgIpc) is 1.94. The van der Waals surface area contributed by atoms with Crippen LogP contribution in [0.1, 0.15) is 0 Å². The van der Waals surface area contributed by atoms with Crippen LogP contribution in [0.15, 0.2) is 41.7 Å². The molecule has 0 aliphatic rings. The van der Waals surface area contributed by atoms with Crippen molar-refractivity contribution >= 4 is 15.9 Å². The van der Waals surface area contributed by atoms with Crippen molar-refractivity contribution in [3.63, 3.8) is 0 Å². The predicted octanol–water partition coefficient (Wildman–Crippen LogP) is -1.07. The molecule has 0 aliphatic heterocycles. The summed E-state index contributed by atoms with van der Waals surface area (Å²) in [5.41, 5.74) is 0. The maximum atomic E-state index is 3.66. The van der Waals surface area contributed by atoms with Gasteiger partial charge in [0.15, 0.2) is 12.7 Å². The minimum atomic E-state index is 0. The van der Waals surface area contributed by atoms with Crippen LogP contribution in [-0.2, 0) is 6.54 Å². The molecule has 0 unspecified atom stereocenters. The molecule has 1 aromatic rings. The fourth-order valence-electron chi connectivity index (χ4n) is 0.743. The molecule has 0 saturated heterocycles. The number of rotatable bonds is 2. The summed E-state index contributed by atoms with van der Waals surface area (Å²) in [4.78, 5) is 0. The summed E-state index contributed by atoms with van der Waals surface area (Å²) in [5.74, 6) is 0. The molecule has 0 fully saturated rings. The van der Waals surface area contributed by atoms with Crippen LogP contribution in [0, 0.1) is 0 Å². The van der Waals surface area contributed by atoms with Crippen molar-refractivity contribution in [2.24, 2.45) is 0 Å². The van der Waals surface area contributed by atoms with Crippen LogP contribution >= 0.6 is 15.9 Å². The van der Waals surface area contributed by atoms with Gasteiger partial charge in [-0.15, -0.1) is 0 Å². The maximum absolute atomic E-state index is 3.66. The second-order valence-electron chi connectivity index (χ2n) is 1.96. The lowest BCUT2D eigenvalue weighted by atomic mass is 10.5. The zero-order valence-corrected chi connectivity index (χ0v) is 8.35. The Hall–Kier alpha value is -0.340. The van der Waals surface area contributed by atoms with Crippen molar-refractivity contribution in [1.82, 2.24) is 0 Å². The minimum Gasteiger partial charge on any atom is -1.00 e. The van der Waals surface area contributed by atoms with Gasteiger partial charge >= 0.3 is 0 Å². The Bertz CT molecular complexity index is 237. The van der Waals surface area contributed by atoms with Crippen LogP contribution in [0.5, 0.6) is 0 Å². The van der Waals surface area contributed by atoms with Crippen LogP contribution in [0.2, 0.25) is 0 Å². The highest BCUT2D eigenvalue weighted by molar-refractivity contribution is 9.10. The molecule has 1 aromatic heterocycles. The van der Waals surface area contributed by atoms with Crippen LogP contribution in [-0.4, -0.2) is 0 Å². The van der Waals surface area contributed by atoms with Gasteiger partial charge in [-0.2, -0.15) is 4.57 Å². The third-order valence-corrected chi connectivity index (χ3v) is 1.93. The van der Waals surface area contributed by atoms with Gasteiger partial charge in [-0.3, -0.25) is 0 Å². The summed E-state index contributed by atoms with van der Waals surface area (Å²) in [6.45, 7) is 4.50. The molecule has 60 valence electrons. The monoisotopic (exact) mass is 233 g/mol. The van der Waals surface area contributed by atoms with E-state index >= 15 is 0 Å². The van der Waals surface area contributed by atoms with E-state index < -0.39 is 0 Å². The SMILES string of the molecule is C=CC[n+]1ccccc1Br.[Cl-]. The molecule has 0 radical (unpaired) electrons. The Morgan fingerprint density at radius 3 is 2.82 bits per heavy atom. The topological polar surface area (TPSA) is 3.88 Å². The fraction of sp³-hybridized carbons (Fsp3) is 0.125. The van der Waals surface area contributed by atoms with Gasteiger partial charge in [0.25, 0.3) is 0 Å². The molecule has 11 heavy (non-hydrogen) atoms. The van der Waals surface area contributed by atoms with Gasteiger partial charge < -0.3 is 12.4 Å². The summed E-state index contributed by atoms with van der Waals surface area (Å²) >= 11 is 3.41. The van der Waals surface area contributed by atoms with Crippen LogP contribution in [0.25, 0.3) is 0 Å². The molecule has 1 rings (SSSR count). The number of halogens is 2. The summed E-state index contributed by atoms with van der Waals surface area (Å²) in [6, 6.07) is 5.99. The number of hydrogen-bond donors (Lipinski definition) is 0. The largest absolute Gasteiger partial charge is 1.00 e. The molecule has 0 amide bonds. The molecule has 1 nitrogen and oxygen atoms in total. The zero-order chi connectivity index (χ0) is 7.40. The lowest BCUT2D eigenvalue weighted by molar-refractivity contribution is -0.697. The van der Waals surface area contributed by atoms with Crippen LogP contribution in [0.4, 0.5) is 0 Å². The first kappa shape index (κ1) is 10.7. The van der Waals surface area contributed by atoms with E-state index in [1.165, 1.54) is 0 Å². The highest BCUT2D eigenvalue weighted by Crippen LogP contribution is 1.99. The maximum Gasteiger partial charge on any atom is 0.248 e. The van der Waals surface area contributed by atoms with Gasteiger partial charge in [0.05, 0.1) is 0 Å². The predicted molar refractivity (Wildman–Crippen MR) is 44.5 cm³/mol. The normalized spacial score (nSPS) is 8.45. The van der Waals surface area contributed by atoms with Gasteiger partial charge in [0.1, 0.15) is 0 Å². The highest BCUT2D eigenvalue weighted by Gasteiger charge is 2.00. The number of allylic oxidation sites excluding steroid dienone is 1. The Balaban J connectivity index is 0.000001000. The van der Waals surface area contributed by atoms with Gasteiger partial charge in [-0.25, -0.2) is 0 Å². The molecule has 0 spiro atoms. The van der Waals surface area contributed by atoms with Gasteiger partial charge in [0, 0.05) is 28.1 Å².